The minimum Gasteiger partial charge on any atom is -0.497 e. The minimum absolute atomic E-state index is 0.118. The Morgan fingerprint density at radius 3 is 2.90 bits per heavy atom. The number of hydrogen-bond acceptors (Lipinski definition) is 9. The lowest BCUT2D eigenvalue weighted by molar-refractivity contribution is -0.126. The van der Waals surface area contributed by atoms with E-state index in [0.717, 1.165) is 11.4 Å². The van der Waals surface area contributed by atoms with Crippen molar-refractivity contribution in [1.29, 1.82) is 0 Å². The Kier molecular flexibility index (Phi) is 7.13. The van der Waals surface area contributed by atoms with Crippen molar-refractivity contribution in [2.24, 2.45) is 5.92 Å². The number of ether oxygens (including phenoxy) is 1. The zero-order chi connectivity index (χ0) is 22.4. The molecule has 2 amide bonds. The highest BCUT2D eigenvalue weighted by Crippen LogP contribution is 2.28. The molecule has 2 N–H and O–H groups in total. The van der Waals surface area contributed by atoms with E-state index in [-0.39, 0.29) is 31.3 Å². The maximum Gasteiger partial charge on any atom is 0.290 e. The first kappa shape index (κ1) is 22.2. The highest BCUT2D eigenvalue weighted by Gasteiger charge is 2.36. The fourth-order valence-corrected chi connectivity index (χ4v) is 3.83. The summed E-state index contributed by atoms with van der Waals surface area (Å²) in [6, 6.07) is 5.32. The van der Waals surface area contributed by atoms with Gasteiger partial charge >= 0.3 is 0 Å². The predicted molar refractivity (Wildman–Crippen MR) is 111 cm³/mol. The van der Waals surface area contributed by atoms with Crippen molar-refractivity contribution in [2.45, 2.75) is 26.3 Å². The van der Waals surface area contributed by atoms with Gasteiger partial charge in [-0.2, -0.15) is 0 Å². The number of rotatable bonds is 6. The van der Waals surface area contributed by atoms with Crippen LogP contribution < -0.4 is 15.0 Å². The molecule has 0 bridgehead atoms. The van der Waals surface area contributed by atoms with E-state index in [9.17, 15) is 9.59 Å². The molecule has 1 atom stereocenters. The molecule has 11 nitrogen and oxygen atoms in total. The number of aromatic nitrogens is 3. The Bertz CT molecular complexity index is 1080. The van der Waals surface area contributed by atoms with Gasteiger partial charge in [-0.15, -0.1) is 10.2 Å². The van der Waals surface area contributed by atoms with Gasteiger partial charge in [0.15, 0.2) is 5.58 Å². The van der Waals surface area contributed by atoms with E-state index in [2.05, 4.69) is 20.5 Å². The molecule has 1 aliphatic heterocycles. The molecule has 3 aromatic rings. The van der Waals surface area contributed by atoms with E-state index in [1.165, 1.54) is 16.2 Å². The topological polar surface area (TPSA) is 148 Å². The number of benzene rings is 1. The maximum absolute atomic E-state index is 12.5. The monoisotopic (exact) mass is 447 g/mol. The molecule has 1 unspecified atom stereocenters. The fraction of sp³-hybridized carbons (Fsp3) is 0.368. The second kappa shape index (κ2) is 9.98. The maximum atomic E-state index is 12.5. The highest BCUT2D eigenvalue weighted by molar-refractivity contribution is 7.15. The number of hydrogen-bond donors (Lipinski definition) is 2. The standard InChI is InChI=1S/C18H19N5O4S.CH2O2/c1-3-15-21-22-18(28-15)23-9-10(6-16(23)24)17(25)19-8-14-20-12-7-11(26-2)4-5-13(12)27-14;2-1-3/h4-5,7,10H,3,6,8-9H2,1-2H3,(H,19,25);1H,(H,2,3). The third kappa shape index (κ3) is 5.15. The number of amides is 2. The lowest BCUT2D eigenvalue weighted by atomic mass is 10.1. The van der Waals surface area contributed by atoms with Crippen molar-refractivity contribution >= 4 is 45.9 Å². The predicted octanol–water partition coefficient (Wildman–Crippen LogP) is 1.62. The number of oxazole rings is 1. The van der Waals surface area contributed by atoms with Crippen molar-refractivity contribution in [3.8, 4) is 5.75 Å². The van der Waals surface area contributed by atoms with Crippen molar-refractivity contribution in [3.63, 3.8) is 0 Å². The number of carbonyl (C=O) groups excluding carboxylic acids is 2. The van der Waals surface area contributed by atoms with E-state index in [1.54, 1.807) is 25.3 Å². The summed E-state index contributed by atoms with van der Waals surface area (Å²) in [7, 11) is 1.58. The van der Waals surface area contributed by atoms with Crippen molar-refractivity contribution in [3.05, 3.63) is 29.1 Å². The molecule has 1 aromatic carbocycles. The van der Waals surface area contributed by atoms with Crippen LogP contribution in [0, 0.1) is 5.92 Å². The van der Waals surface area contributed by atoms with Gasteiger partial charge in [-0.25, -0.2) is 4.98 Å². The lowest BCUT2D eigenvalue weighted by Gasteiger charge is -2.12. The normalized spacial score (nSPS) is 15.5. The van der Waals surface area contributed by atoms with Crippen LogP contribution in [0.1, 0.15) is 24.2 Å². The van der Waals surface area contributed by atoms with E-state index in [0.29, 0.717) is 34.4 Å². The number of anilines is 1. The molecule has 164 valence electrons. The third-order valence-electron chi connectivity index (χ3n) is 4.54. The van der Waals surface area contributed by atoms with Crippen LogP contribution in [0.4, 0.5) is 5.13 Å². The smallest absolute Gasteiger partial charge is 0.290 e. The van der Waals surface area contributed by atoms with Crippen molar-refractivity contribution in [2.75, 3.05) is 18.6 Å². The average molecular weight is 447 g/mol. The summed E-state index contributed by atoms with van der Waals surface area (Å²) >= 11 is 1.38. The second-order valence-corrected chi connectivity index (χ2v) is 7.54. The Morgan fingerprint density at radius 2 is 2.23 bits per heavy atom. The van der Waals surface area contributed by atoms with Gasteiger partial charge in [0.05, 0.1) is 19.6 Å². The zero-order valence-electron chi connectivity index (χ0n) is 16.9. The van der Waals surface area contributed by atoms with Crippen LogP contribution in [0.5, 0.6) is 5.75 Å². The molecular weight excluding hydrogens is 426 g/mol. The number of nitrogens with one attached hydrogen (secondary N) is 1. The van der Waals surface area contributed by atoms with Gasteiger partial charge < -0.3 is 19.6 Å². The quantitative estimate of drug-likeness (QED) is 0.538. The van der Waals surface area contributed by atoms with Gasteiger partial charge in [-0.05, 0) is 18.6 Å². The molecule has 0 saturated carbocycles. The van der Waals surface area contributed by atoms with Crippen LogP contribution in [0.25, 0.3) is 11.1 Å². The molecule has 3 heterocycles. The number of fused-ring (bicyclic) bond motifs is 1. The summed E-state index contributed by atoms with van der Waals surface area (Å²) in [6.45, 7) is 2.18. The van der Waals surface area contributed by atoms with E-state index >= 15 is 0 Å². The molecule has 1 fully saturated rings. The Labute approximate surface area is 181 Å². The van der Waals surface area contributed by atoms with Crippen LogP contribution in [-0.4, -0.2) is 52.2 Å². The van der Waals surface area contributed by atoms with Gasteiger partial charge in [0.2, 0.25) is 22.8 Å². The summed E-state index contributed by atoms with van der Waals surface area (Å²) < 4.78 is 10.8. The van der Waals surface area contributed by atoms with Crippen LogP contribution in [0.3, 0.4) is 0 Å². The zero-order valence-corrected chi connectivity index (χ0v) is 17.7. The number of aryl methyl sites for hydroxylation is 1. The van der Waals surface area contributed by atoms with Gasteiger partial charge in [0.1, 0.15) is 16.3 Å². The molecule has 1 saturated heterocycles. The molecule has 1 aliphatic rings. The SMILES string of the molecule is CCc1nnc(N2CC(C(=O)NCc3nc4cc(OC)ccc4o3)CC2=O)s1.O=CO. The summed E-state index contributed by atoms with van der Waals surface area (Å²) in [5, 5.41) is 19.2. The van der Waals surface area contributed by atoms with Gasteiger partial charge in [-0.3, -0.25) is 19.3 Å². The first-order valence-corrected chi connectivity index (χ1v) is 10.2. The minimum atomic E-state index is -0.439. The number of nitrogens with zero attached hydrogens (tertiary/aromatic N) is 4. The number of methoxy groups -OCH3 is 1. The second-order valence-electron chi connectivity index (χ2n) is 6.50. The lowest BCUT2D eigenvalue weighted by Crippen LogP contribution is -2.32. The Balaban J connectivity index is 0.000000858. The summed E-state index contributed by atoms with van der Waals surface area (Å²) in [5.41, 5.74) is 1.28. The van der Waals surface area contributed by atoms with Gasteiger partial charge in [0, 0.05) is 19.0 Å². The number of carbonyl (C=O) groups is 3. The van der Waals surface area contributed by atoms with Crippen LogP contribution >= 0.6 is 11.3 Å². The highest BCUT2D eigenvalue weighted by atomic mass is 32.1. The molecule has 4 rings (SSSR count). The van der Waals surface area contributed by atoms with E-state index in [4.69, 9.17) is 19.1 Å². The molecule has 12 heteroatoms. The molecule has 31 heavy (non-hydrogen) atoms. The molecular formula is C19H21N5O6S. The largest absolute Gasteiger partial charge is 0.497 e. The van der Waals surface area contributed by atoms with Crippen LogP contribution in [0.2, 0.25) is 0 Å². The molecule has 2 aromatic heterocycles. The molecule has 0 radical (unpaired) electrons. The van der Waals surface area contributed by atoms with Gasteiger partial charge in [-0.1, -0.05) is 18.3 Å². The third-order valence-corrected chi connectivity index (χ3v) is 5.63. The van der Waals surface area contributed by atoms with E-state index < -0.39 is 5.92 Å². The molecule has 0 aliphatic carbocycles. The fourth-order valence-electron chi connectivity index (χ4n) is 3.03. The summed E-state index contributed by atoms with van der Waals surface area (Å²) in [6.07, 6.45) is 0.914. The number of carboxylic acid groups (broad SMARTS) is 1. The summed E-state index contributed by atoms with van der Waals surface area (Å²) in [5.74, 6) is 0.313. The van der Waals surface area contributed by atoms with E-state index in [1.807, 2.05) is 6.92 Å². The molecule has 0 spiro atoms. The summed E-state index contributed by atoms with van der Waals surface area (Å²) in [4.78, 5) is 39.0. The van der Waals surface area contributed by atoms with Crippen molar-refractivity contribution < 1.29 is 28.6 Å². The van der Waals surface area contributed by atoms with Crippen molar-refractivity contribution in [1.82, 2.24) is 20.5 Å². The van der Waals surface area contributed by atoms with Crippen LogP contribution in [-0.2, 0) is 27.3 Å². The first-order valence-electron chi connectivity index (χ1n) is 9.40. The first-order chi connectivity index (χ1) is 15.0. The van der Waals surface area contributed by atoms with Crippen LogP contribution in [0.15, 0.2) is 22.6 Å². The van der Waals surface area contributed by atoms with Gasteiger partial charge in [0.25, 0.3) is 6.47 Å². The Morgan fingerprint density at radius 1 is 1.45 bits per heavy atom. The average Bonchev–Trinajstić information content (AvgIpc) is 3.49. The Hall–Kier alpha value is -3.54.